The average Bonchev–Trinajstić information content (AvgIpc) is 2.26. The minimum atomic E-state index is -0.773. The van der Waals surface area contributed by atoms with Crippen molar-refractivity contribution < 1.29 is 9.90 Å². The van der Waals surface area contributed by atoms with Crippen molar-refractivity contribution in [1.29, 1.82) is 0 Å². The third-order valence-electron chi connectivity index (χ3n) is 2.94. The summed E-state index contributed by atoms with van der Waals surface area (Å²) < 4.78 is 0. The molecule has 2 heteroatoms. The second-order valence-electron chi connectivity index (χ2n) is 3.56. The molecule has 11 heavy (non-hydrogen) atoms. The highest BCUT2D eigenvalue weighted by molar-refractivity contribution is 5.81. The van der Waals surface area contributed by atoms with Crippen molar-refractivity contribution in [3.05, 3.63) is 11.6 Å². The van der Waals surface area contributed by atoms with E-state index in [-0.39, 0.29) is 0 Å². The Bertz CT molecular complexity index is 218. The van der Waals surface area contributed by atoms with Gasteiger partial charge >= 0.3 is 5.97 Å². The predicted octanol–water partition coefficient (Wildman–Crippen LogP) is 1.82. The molecule has 0 bridgehead atoms. The van der Waals surface area contributed by atoms with Crippen LogP contribution in [0.4, 0.5) is 0 Å². The Labute approximate surface area is 65.9 Å². The molecule has 0 aromatic heterocycles. The van der Waals surface area contributed by atoms with Crippen LogP contribution in [-0.4, -0.2) is 11.1 Å². The summed E-state index contributed by atoms with van der Waals surface area (Å²) in [6, 6.07) is 0. The molecule has 2 nitrogen and oxygen atoms in total. The van der Waals surface area contributed by atoms with Crippen LogP contribution in [0.5, 0.6) is 0 Å². The first-order valence-electron chi connectivity index (χ1n) is 4.21. The van der Waals surface area contributed by atoms with Crippen molar-refractivity contribution in [3.8, 4) is 0 Å². The molecule has 2 rings (SSSR count). The maximum absolute atomic E-state index is 10.3. The summed E-state index contributed by atoms with van der Waals surface area (Å²) >= 11 is 0. The van der Waals surface area contributed by atoms with Crippen LogP contribution in [0.25, 0.3) is 0 Å². The van der Waals surface area contributed by atoms with E-state index < -0.39 is 5.97 Å². The third kappa shape index (κ3) is 1.06. The molecule has 1 N–H and O–H groups in total. The molecule has 2 fully saturated rings. The van der Waals surface area contributed by atoms with E-state index in [2.05, 4.69) is 0 Å². The first-order chi connectivity index (χ1) is 5.27. The van der Waals surface area contributed by atoms with Crippen LogP contribution in [0.3, 0.4) is 0 Å². The summed E-state index contributed by atoms with van der Waals surface area (Å²) in [5.74, 6) is 0.706. The zero-order valence-electron chi connectivity index (χ0n) is 6.42. The minimum absolute atomic E-state index is 0.645. The van der Waals surface area contributed by atoms with Gasteiger partial charge in [0, 0.05) is 6.08 Å². The lowest BCUT2D eigenvalue weighted by atomic mass is 9.71. The molecule has 0 aliphatic heterocycles. The number of rotatable bonds is 1. The van der Waals surface area contributed by atoms with E-state index in [1.807, 2.05) is 0 Å². The van der Waals surface area contributed by atoms with E-state index in [0.29, 0.717) is 5.92 Å². The predicted molar refractivity (Wildman–Crippen MR) is 41.2 cm³/mol. The Balaban J connectivity index is 2.05. The zero-order valence-corrected chi connectivity index (χ0v) is 6.42. The molecule has 0 saturated heterocycles. The maximum Gasteiger partial charge on any atom is 0.328 e. The molecular weight excluding hydrogens is 140 g/mol. The molecule has 0 spiro atoms. The van der Waals surface area contributed by atoms with Crippen LogP contribution in [0.1, 0.15) is 25.7 Å². The van der Waals surface area contributed by atoms with Crippen LogP contribution in [-0.2, 0) is 4.79 Å². The molecule has 0 amide bonds. The monoisotopic (exact) mass is 152 g/mol. The van der Waals surface area contributed by atoms with Gasteiger partial charge in [0.15, 0.2) is 0 Å². The minimum Gasteiger partial charge on any atom is -0.478 e. The average molecular weight is 152 g/mol. The second-order valence-corrected chi connectivity index (χ2v) is 3.56. The second kappa shape index (κ2) is 2.36. The summed E-state index contributed by atoms with van der Waals surface area (Å²) in [4.78, 5) is 10.3. The maximum atomic E-state index is 10.3. The third-order valence-corrected chi connectivity index (χ3v) is 2.94. The number of hydrogen-bond acceptors (Lipinski definition) is 1. The van der Waals surface area contributed by atoms with Crippen molar-refractivity contribution in [1.82, 2.24) is 0 Å². The first-order valence-corrected chi connectivity index (χ1v) is 4.21. The van der Waals surface area contributed by atoms with Gasteiger partial charge in [0.1, 0.15) is 0 Å². The molecule has 2 unspecified atom stereocenters. The van der Waals surface area contributed by atoms with Crippen LogP contribution in [0.15, 0.2) is 11.6 Å². The Morgan fingerprint density at radius 1 is 1.55 bits per heavy atom. The molecule has 0 radical (unpaired) electrons. The lowest BCUT2D eigenvalue weighted by molar-refractivity contribution is -0.131. The fraction of sp³-hybridized carbons (Fsp3) is 0.667. The number of fused-ring (bicyclic) bond motifs is 1. The van der Waals surface area contributed by atoms with E-state index in [9.17, 15) is 4.79 Å². The number of hydrogen-bond donors (Lipinski definition) is 1. The largest absolute Gasteiger partial charge is 0.478 e. The summed E-state index contributed by atoms with van der Waals surface area (Å²) in [6.45, 7) is 0. The highest BCUT2D eigenvalue weighted by Crippen LogP contribution is 2.50. The smallest absolute Gasteiger partial charge is 0.328 e. The van der Waals surface area contributed by atoms with E-state index in [0.717, 1.165) is 12.3 Å². The van der Waals surface area contributed by atoms with Gasteiger partial charge in [-0.25, -0.2) is 4.79 Å². The topological polar surface area (TPSA) is 37.3 Å². The molecule has 2 atom stereocenters. The van der Waals surface area contributed by atoms with Crippen LogP contribution in [0, 0.1) is 11.8 Å². The van der Waals surface area contributed by atoms with E-state index in [1.54, 1.807) is 0 Å². The van der Waals surface area contributed by atoms with Gasteiger partial charge in [-0.05, 0) is 31.1 Å². The fourth-order valence-electron chi connectivity index (χ4n) is 2.39. The molecular formula is C9H12O2. The lowest BCUT2D eigenvalue weighted by Crippen LogP contribution is -2.24. The summed E-state index contributed by atoms with van der Waals surface area (Å²) in [6.07, 6.45) is 6.31. The number of aliphatic carboxylic acids is 1. The number of allylic oxidation sites excluding steroid dienone is 1. The Morgan fingerprint density at radius 2 is 2.36 bits per heavy atom. The van der Waals surface area contributed by atoms with Crippen molar-refractivity contribution in [3.63, 3.8) is 0 Å². The molecule has 0 heterocycles. The van der Waals surface area contributed by atoms with Crippen molar-refractivity contribution in [2.24, 2.45) is 11.8 Å². The van der Waals surface area contributed by atoms with Gasteiger partial charge in [-0.1, -0.05) is 12.0 Å². The number of carboxylic acid groups (broad SMARTS) is 1. The van der Waals surface area contributed by atoms with Gasteiger partial charge in [0.05, 0.1) is 0 Å². The Morgan fingerprint density at radius 3 is 3.00 bits per heavy atom. The highest BCUT2D eigenvalue weighted by Gasteiger charge is 2.39. The van der Waals surface area contributed by atoms with Crippen molar-refractivity contribution in [2.75, 3.05) is 0 Å². The van der Waals surface area contributed by atoms with Crippen LogP contribution >= 0.6 is 0 Å². The van der Waals surface area contributed by atoms with Gasteiger partial charge in [-0.3, -0.25) is 0 Å². The highest BCUT2D eigenvalue weighted by atomic mass is 16.4. The van der Waals surface area contributed by atoms with E-state index in [1.165, 1.54) is 30.9 Å². The lowest BCUT2D eigenvalue weighted by Gasteiger charge is -2.33. The number of carboxylic acids is 1. The van der Waals surface area contributed by atoms with E-state index in [4.69, 9.17) is 5.11 Å². The summed E-state index contributed by atoms with van der Waals surface area (Å²) in [5, 5.41) is 8.49. The SMILES string of the molecule is O=C(O)/C=C1/CC2CCCC12. The van der Waals surface area contributed by atoms with Crippen molar-refractivity contribution >= 4 is 5.97 Å². The first kappa shape index (κ1) is 6.89. The van der Waals surface area contributed by atoms with Gasteiger partial charge in [-0.2, -0.15) is 0 Å². The molecule has 2 aliphatic rings. The van der Waals surface area contributed by atoms with Crippen molar-refractivity contribution in [2.45, 2.75) is 25.7 Å². The Kier molecular flexibility index (Phi) is 1.48. The Hall–Kier alpha value is -0.790. The van der Waals surface area contributed by atoms with Crippen LogP contribution < -0.4 is 0 Å². The van der Waals surface area contributed by atoms with Gasteiger partial charge in [0.2, 0.25) is 0 Å². The normalized spacial score (nSPS) is 38.4. The molecule has 0 aromatic rings. The summed E-state index contributed by atoms with van der Waals surface area (Å²) in [5.41, 5.74) is 1.18. The zero-order chi connectivity index (χ0) is 7.84. The molecule has 2 saturated carbocycles. The standard InChI is InChI=1S/C9H12O2/c10-9(11)5-7-4-6-2-1-3-8(6)7/h5-6,8H,1-4H2,(H,10,11)/b7-5-. The molecule has 0 aromatic carbocycles. The van der Waals surface area contributed by atoms with E-state index >= 15 is 0 Å². The quantitative estimate of drug-likeness (QED) is 0.582. The van der Waals surface area contributed by atoms with Gasteiger partial charge in [-0.15, -0.1) is 0 Å². The molecule has 2 aliphatic carbocycles. The fourth-order valence-corrected chi connectivity index (χ4v) is 2.39. The van der Waals surface area contributed by atoms with Crippen LogP contribution in [0.2, 0.25) is 0 Å². The summed E-state index contributed by atoms with van der Waals surface area (Å²) in [7, 11) is 0. The molecule has 60 valence electrons. The van der Waals surface area contributed by atoms with Gasteiger partial charge < -0.3 is 5.11 Å². The number of carbonyl (C=O) groups is 1. The van der Waals surface area contributed by atoms with Gasteiger partial charge in [0.25, 0.3) is 0 Å².